The molecule has 0 aromatic carbocycles. The summed E-state index contributed by atoms with van der Waals surface area (Å²) in [5.74, 6) is 0. The van der Waals surface area contributed by atoms with Crippen molar-refractivity contribution in [3.8, 4) is 6.07 Å². The lowest BCUT2D eigenvalue weighted by Crippen LogP contribution is -2.47. The molecule has 18 heavy (non-hydrogen) atoms. The van der Waals surface area contributed by atoms with Crippen molar-refractivity contribution >= 4 is 0 Å². The molecule has 1 aliphatic carbocycles. The van der Waals surface area contributed by atoms with E-state index in [1.807, 2.05) is 0 Å². The lowest BCUT2D eigenvalue weighted by molar-refractivity contribution is 0.291. The van der Waals surface area contributed by atoms with Gasteiger partial charge < -0.3 is 0 Å². The lowest BCUT2D eigenvalue weighted by atomic mass is 9.90. The van der Waals surface area contributed by atoms with Gasteiger partial charge in [0.05, 0.1) is 6.07 Å². The molecule has 0 heterocycles. The van der Waals surface area contributed by atoms with Crippen molar-refractivity contribution in [3.63, 3.8) is 0 Å². The molecule has 2 heteroatoms. The van der Waals surface area contributed by atoms with E-state index >= 15 is 0 Å². The van der Waals surface area contributed by atoms with Gasteiger partial charge in [0.25, 0.3) is 0 Å². The Morgan fingerprint density at radius 3 is 2.39 bits per heavy atom. The van der Waals surface area contributed by atoms with Gasteiger partial charge in [0.2, 0.25) is 0 Å². The van der Waals surface area contributed by atoms with Crippen molar-refractivity contribution in [2.45, 2.75) is 96.1 Å². The summed E-state index contributed by atoms with van der Waals surface area (Å²) < 4.78 is 0. The van der Waals surface area contributed by atoms with E-state index in [-0.39, 0.29) is 5.54 Å². The summed E-state index contributed by atoms with van der Waals surface area (Å²) in [5.41, 5.74) is -0.297. The van der Waals surface area contributed by atoms with Crippen LogP contribution in [0.5, 0.6) is 0 Å². The van der Waals surface area contributed by atoms with E-state index in [1.165, 1.54) is 64.2 Å². The second-order valence-electron chi connectivity index (χ2n) is 6.09. The molecule has 0 radical (unpaired) electrons. The molecule has 0 saturated heterocycles. The maximum atomic E-state index is 9.41. The first-order valence-electron chi connectivity index (χ1n) is 7.89. The molecule has 0 bridgehead atoms. The molecule has 104 valence electrons. The van der Waals surface area contributed by atoms with Gasteiger partial charge in [-0.05, 0) is 26.2 Å². The number of hydrogen-bond donors (Lipinski definition) is 1. The summed E-state index contributed by atoms with van der Waals surface area (Å²) in [4.78, 5) is 0. The van der Waals surface area contributed by atoms with Gasteiger partial charge >= 0.3 is 0 Å². The summed E-state index contributed by atoms with van der Waals surface area (Å²) >= 11 is 0. The van der Waals surface area contributed by atoms with Crippen molar-refractivity contribution in [2.24, 2.45) is 0 Å². The number of rotatable bonds is 8. The molecule has 1 saturated carbocycles. The zero-order valence-electron chi connectivity index (χ0n) is 12.3. The van der Waals surface area contributed by atoms with E-state index in [4.69, 9.17) is 0 Å². The van der Waals surface area contributed by atoms with Crippen molar-refractivity contribution in [1.29, 1.82) is 5.26 Å². The van der Waals surface area contributed by atoms with Crippen LogP contribution in [0.25, 0.3) is 0 Å². The van der Waals surface area contributed by atoms with Gasteiger partial charge in [0, 0.05) is 6.04 Å². The molecule has 1 N–H and O–H groups in total. The van der Waals surface area contributed by atoms with Crippen molar-refractivity contribution in [3.05, 3.63) is 0 Å². The fourth-order valence-electron chi connectivity index (χ4n) is 2.94. The Kier molecular flexibility index (Phi) is 7.35. The third kappa shape index (κ3) is 5.87. The Labute approximate surface area is 113 Å². The number of nitrogens with zero attached hydrogens (tertiary/aromatic N) is 1. The number of unbranched alkanes of at least 4 members (excludes halogenated alkanes) is 4. The van der Waals surface area contributed by atoms with Gasteiger partial charge in [-0.1, -0.05) is 58.3 Å². The highest BCUT2D eigenvalue weighted by Crippen LogP contribution is 2.22. The molecule has 1 rings (SSSR count). The molecular weight excluding hydrogens is 220 g/mol. The molecule has 0 aromatic heterocycles. The van der Waals surface area contributed by atoms with Gasteiger partial charge in [-0.25, -0.2) is 0 Å². The zero-order chi connectivity index (χ0) is 13.3. The van der Waals surface area contributed by atoms with Crippen LogP contribution in [-0.4, -0.2) is 11.6 Å². The average molecular weight is 250 g/mol. The minimum Gasteiger partial charge on any atom is -0.297 e. The van der Waals surface area contributed by atoms with Gasteiger partial charge in [0.15, 0.2) is 0 Å². The summed E-state index contributed by atoms with van der Waals surface area (Å²) in [6, 6.07) is 3.09. The van der Waals surface area contributed by atoms with Crippen LogP contribution in [0, 0.1) is 11.3 Å². The molecule has 1 unspecified atom stereocenters. The maximum Gasteiger partial charge on any atom is 0.104 e. The molecule has 1 fully saturated rings. The highest BCUT2D eigenvalue weighted by molar-refractivity contribution is 5.05. The lowest BCUT2D eigenvalue weighted by Gasteiger charge is -2.32. The summed E-state index contributed by atoms with van der Waals surface area (Å²) in [6.07, 6.45) is 13.9. The van der Waals surface area contributed by atoms with E-state index in [9.17, 15) is 5.26 Å². The topological polar surface area (TPSA) is 35.8 Å². The molecule has 1 atom stereocenters. The molecule has 0 spiro atoms. The van der Waals surface area contributed by atoms with Gasteiger partial charge in [0.1, 0.15) is 5.54 Å². The fraction of sp³-hybridized carbons (Fsp3) is 0.938. The van der Waals surface area contributed by atoms with Crippen LogP contribution < -0.4 is 5.32 Å². The Morgan fingerprint density at radius 2 is 1.78 bits per heavy atom. The maximum absolute atomic E-state index is 9.41. The SMILES string of the molecule is CCCCCCCC(C)(C#N)NC1CCCCC1. The Morgan fingerprint density at radius 1 is 1.11 bits per heavy atom. The second kappa shape index (κ2) is 8.53. The van der Waals surface area contributed by atoms with E-state index in [1.54, 1.807) is 0 Å². The first kappa shape index (κ1) is 15.5. The minimum atomic E-state index is -0.297. The highest BCUT2D eigenvalue weighted by atomic mass is 15.0. The highest BCUT2D eigenvalue weighted by Gasteiger charge is 2.27. The van der Waals surface area contributed by atoms with Crippen LogP contribution in [0.1, 0.15) is 84.5 Å². The van der Waals surface area contributed by atoms with Crippen LogP contribution in [0.2, 0.25) is 0 Å². The standard InChI is InChI=1S/C16H30N2/c1-3-4-5-6-10-13-16(2,14-17)18-15-11-8-7-9-12-15/h15,18H,3-13H2,1-2H3. The molecule has 0 aromatic rings. The Hall–Kier alpha value is -0.550. The Balaban J connectivity index is 2.25. The van der Waals surface area contributed by atoms with Crippen molar-refractivity contribution < 1.29 is 0 Å². The first-order valence-corrected chi connectivity index (χ1v) is 7.89. The zero-order valence-corrected chi connectivity index (χ0v) is 12.3. The number of hydrogen-bond acceptors (Lipinski definition) is 2. The smallest absolute Gasteiger partial charge is 0.104 e. The predicted octanol–water partition coefficient (Wildman–Crippen LogP) is 4.55. The van der Waals surface area contributed by atoms with E-state index in [0.29, 0.717) is 6.04 Å². The summed E-state index contributed by atoms with van der Waals surface area (Å²) in [7, 11) is 0. The number of nitriles is 1. The van der Waals surface area contributed by atoms with Crippen LogP contribution in [0.3, 0.4) is 0 Å². The number of nitrogens with one attached hydrogen (secondary N) is 1. The molecule has 1 aliphatic rings. The molecular formula is C16H30N2. The molecule has 0 amide bonds. The largest absolute Gasteiger partial charge is 0.297 e. The predicted molar refractivity (Wildman–Crippen MR) is 77.4 cm³/mol. The van der Waals surface area contributed by atoms with Crippen LogP contribution in [0.4, 0.5) is 0 Å². The first-order chi connectivity index (χ1) is 8.70. The van der Waals surface area contributed by atoms with Gasteiger partial charge in [-0.3, -0.25) is 5.32 Å². The van der Waals surface area contributed by atoms with E-state index in [0.717, 1.165) is 6.42 Å². The summed E-state index contributed by atoms with van der Waals surface area (Å²) in [5, 5.41) is 13.0. The average Bonchev–Trinajstić information content (AvgIpc) is 2.40. The minimum absolute atomic E-state index is 0.297. The third-order valence-corrected chi connectivity index (χ3v) is 4.15. The van der Waals surface area contributed by atoms with Gasteiger partial charge in [-0.2, -0.15) is 5.26 Å². The second-order valence-corrected chi connectivity index (χ2v) is 6.09. The van der Waals surface area contributed by atoms with Crippen LogP contribution >= 0.6 is 0 Å². The third-order valence-electron chi connectivity index (χ3n) is 4.15. The Bertz CT molecular complexity index is 250. The quantitative estimate of drug-likeness (QED) is 0.641. The fourth-order valence-corrected chi connectivity index (χ4v) is 2.94. The summed E-state index contributed by atoms with van der Waals surface area (Å²) in [6.45, 7) is 4.32. The van der Waals surface area contributed by atoms with Crippen molar-refractivity contribution in [1.82, 2.24) is 5.32 Å². The van der Waals surface area contributed by atoms with Crippen LogP contribution in [-0.2, 0) is 0 Å². The van der Waals surface area contributed by atoms with Crippen LogP contribution in [0.15, 0.2) is 0 Å². The van der Waals surface area contributed by atoms with E-state index < -0.39 is 0 Å². The van der Waals surface area contributed by atoms with Gasteiger partial charge in [-0.15, -0.1) is 0 Å². The molecule has 2 nitrogen and oxygen atoms in total. The monoisotopic (exact) mass is 250 g/mol. The normalized spacial score (nSPS) is 20.3. The van der Waals surface area contributed by atoms with E-state index in [2.05, 4.69) is 25.2 Å². The molecule has 0 aliphatic heterocycles. The van der Waals surface area contributed by atoms with Crippen molar-refractivity contribution in [2.75, 3.05) is 0 Å².